The quantitative estimate of drug-likeness (QED) is 0.397. The number of fused-ring (bicyclic) bond motifs is 1. The van der Waals surface area contributed by atoms with Crippen LogP contribution in [-0.2, 0) is 17.6 Å². The van der Waals surface area contributed by atoms with Crippen molar-refractivity contribution in [2.75, 3.05) is 38.5 Å². The van der Waals surface area contributed by atoms with E-state index >= 15 is 0 Å². The van der Waals surface area contributed by atoms with E-state index < -0.39 is 17.8 Å². The lowest BCUT2D eigenvalue weighted by molar-refractivity contribution is -0.143. The zero-order valence-corrected chi connectivity index (χ0v) is 22.8. The van der Waals surface area contributed by atoms with Gasteiger partial charge in [0.2, 0.25) is 0 Å². The highest BCUT2D eigenvalue weighted by molar-refractivity contribution is 5.77. The number of aromatic nitrogens is 1. The van der Waals surface area contributed by atoms with Crippen LogP contribution in [-0.4, -0.2) is 65.1 Å². The number of aryl methyl sites for hydroxylation is 2. The standard InChI is InChI=1S/C30H40FN5O2/c1-20(2)22-16-25(26(18-32)27(31)17-22)28(30(37)38)36-15-12-24(19-36)35(3)14-6-4-5-9-23-11-10-21-8-7-13-33-29(21)34-23/h10-11,16-17,20,24,28H,4-9,12-15,19H2,1-3H3,(H,33,34)(H,37,38)/t24-,28+/m1/s1. The van der Waals surface area contributed by atoms with Crippen molar-refractivity contribution in [3.8, 4) is 6.07 Å². The molecule has 0 spiro atoms. The summed E-state index contributed by atoms with van der Waals surface area (Å²) in [6, 6.07) is 8.53. The maximum absolute atomic E-state index is 14.7. The van der Waals surface area contributed by atoms with Gasteiger partial charge in [0.1, 0.15) is 23.7 Å². The Bertz CT molecular complexity index is 1180. The van der Waals surface area contributed by atoms with E-state index in [2.05, 4.69) is 29.4 Å². The summed E-state index contributed by atoms with van der Waals surface area (Å²) in [5, 5.41) is 23.1. The first-order valence-corrected chi connectivity index (χ1v) is 13.9. The molecule has 2 N–H and O–H groups in total. The Morgan fingerprint density at radius 3 is 2.87 bits per heavy atom. The Labute approximate surface area is 225 Å². The molecule has 3 heterocycles. The SMILES string of the molecule is CC(C)c1cc(F)c(C#N)c([C@@H](C(=O)O)N2CC[C@@H](N(C)CCCCCc3ccc4c(n3)NCCC4)C2)c1. The van der Waals surface area contributed by atoms with Crippen LogP contribution < -0.4 is 5.32 Å². The second-order valence-electron chi connectivity index (χ2n) is 11.0. The Kier molecular flexibility index (Phi) is 9.35. The summed E-state index contributed by atoms with van der Waals surface area (Å²) in [7, 11) is 2.10. The number of nitrogens with one attached hydrogen (secondary N) is 1. The number of pyridine rings is 1. The molecule has 1 fully saturated rings. The summed E-state index contributed by atoms with van der Waals surface area (Å²) in [5.41, 5.74) is 3.27. The fourth-order valence-corrected chi connectivity index (χ4v) is 5.70. The second kappa shape index (κ2) is 12.7. The number of halogens is 1. The molecule has 2 aliphatic rings. The molecule has 0 radical (unpaired) electrons. The van der Waals surface area contributed by atoms with Gasteiger partial charge in [-0.05, 0) is 81.3 Å². The van der Waals surface area contributed by atoms with Gasteiger partial charge in [-0.15, -0.1) is 0 Å². The van der Waals surface area contributed by atoms with E-state index in [1.165, 1.54) is 18.1 Å². The third-order valence-corrected chi connectivity index (χ3v) is 8.03. The molecule has 1 saturated heterocycles. The fourth-order valence-electron chi connectivity index (χ4n) is 5.70. The van der Waals surface area contributed by atoms with Crippen molar-refractivity contribution in [2.24, 2.45) is 0 Å². The molecule has 8 heteroatoms. The van der Waals surface area contributed by atoms with Crippen molar-refractivity contribution >= 4 is 11.8 Å². The minimum Gasteiger partial charge on any atom is -0.480 e. The second-order valence-corrected chi connectivity index (χ2v) is 11.0. The number of carboxylic acid groups (broad SMARTS) is 1. The number of carbonyl (C=O) groups is 1. The van der Waals surface area contributed by atoms with Crippen LogP contribution in [0.25, 0.3) is 0 Å². The molecule has 38 heavy (non-hydrogen) atoms. The van der Waals surface area contributed by atoms with E-state index in [-0.39, 0.29) is 23.1 Å². The molecule has 1 aromatic heterocycles. The first-order chi connectivity index (χ1) is 18.3. The van der Waals surface area contributed by atoms with E-state index in [0.717, 1.165) is 63.1 Å². The van der Waals surface area contributed by atoms with Gasteiger partial charge >= 0.3 is 5.97 Å². The molecule has 2 atom stereocenters. The summed E-state index contributed by atoms with van der Waals surface area (Å²) < 4.78 is 14.7. The van der Waals surface area contributed by atoms with Gasteiger partial charge in [0.15, 0.2) is 0 Å². The minimum atomic E-state index is -1.05. The van der Waals surface area contributed by atoms with Crippen LogP contribution >= 0.6 is 0 Å². The highest BCUT2D eigenvalue weighted by atomic mass is 19.1. The molecule has 2 aromatic rings. The summed E-state index contributed by atoms with van der Waals surface area (Å²) in [6.07, 6.45) is 7.36. The number of carboxylic acids is 1. The largest absolute Gasteiger partial charge is 0.480 e. The summed E-state index contributed by atoms with van der Waals surface area (Å²) in [4.78, 5) is 21.4. The van der Waals surface area contributed by atoms with Gasteiger partial charge in [0.05, 0.1) is 5.56 Å². The van der Waals surface area contributed by atoms with Gasteiger partial charge in [-0.2, -0.15) is 5.26 Å². The maximum Gasteiger partial charge on any atom is 0.325 e. The Morgan fingerprint density at radius 2 is 2.13 bits per heavy atom. The minimum absolute atomic E-state index is 0.0302. The molecule has 0 saturated carbocycles. The lowest BCUT2D eigenvalue weighted by Gasteiger charge is -2.28. The van der Waals surface area contributed by atoms with Crippen molar-refractivity contribution in [1.29, 1.82) is 5.26 Å². The number of likely N-dealkylation sites (tertiary alicyclic amines) is 1. The molecule has 4 rings (SSSR count). The number of likely N-dealkylation sites (N-methyl/N-ethyl adjacent to an activating group) is 1. The molecule has 1 aromatic carbocycles. The molecule has 2 aliphatic heterocycles. The Hall–Kier alpha value is -3.02. The van der Waals surface area contributed by atoms with E-state index in [0.29, 0.717) is 18.7 Å². The van der Waals surface area contributed by atoms with E-state index in [9.17, 15) is 19.6 Å². The predicted molar refractivity (Wildman–Crippen MR) is 147 cm³/mol. The number of nitrogens with zero attached hydrogens (tertiary/aromatic N) is 4. The number of anilines is 1. The van der Waals surface area contributed by atoms with Crippen LogP contribution in [0.4, 0.5) is 10.2 Å². The zero-order chi connectivity index (χ0) is 27.2. The van der Waals surface area contributed by atoms with Gasteiger partial charge < -0.3 is 15.3 Å². The average molecular weight is 522 g/mol. The van der Waals surface area contributed by atoms with Crippen LogP contribution in [0.5, 0.6) is 0 Å². The third kappa shape index (κ3) is 6.51. The Morgan fingerprint density at radius 1 is 1.32 bits per heavy atom. The molecule has 0 aliphatic carbocycles. The number of hydrogen-bond donors (Lipinski definition) is 2. The molecule has 7 nitrogen and oxygen atoms in total. The van der Waals surface area contributed by atoms with Crippen LogP contribution in [0.2, 0.25) is 0 Å². The summed E-state index contributed by atoms with van der Waals surface area (Å²) >= 11 is 0. The lowest BCUT2D eigenvalue weighted by Crippen LogP contribution is -2.38. The normalized spacial score (nSPS) is 18.3. The van der Waals surface area contributed by atoms with Gasteiger partial charge in [0.25, 0.3) is 0 Å². The first kappa shape index (κ1) is 28.0. The fraction of sp³-hybridized carbons (Fsp3) is 0.567. The summed E-state index contributed by atoms with van der Waals surface area (Å²) in [5.74, 6) is -0.604. The molecular formula is C30H40FN5O2. The van der Waals surface area contributed by atoms with E-state index in [4.69, 9.17) is 4.98 Å². The first-order valence-electron chi connectivity index (χ1n) is 13.9. The number of nitriles is 1. The average Bonchev–Trinajstić information content (AvgIpc) is 3.37. The van der Waals surface area contributed by atoms with Crippen LogP contribution in [0.3, 0.4) is 0 Å². The van der Waals surface area contributed by atoms with Crippen LogP contribution in [0.1, 0.15) is 85.9 Å². The smallest absolute Gasteiger partial charge is 0.325 e. The number of unbranched alkanes of at least 4 members (excludes halogenated alkanes) is 2. The highest BCUT2D eigenvalue weighted by Crippen LogP contribution is 2.33. The summed E-state index contributed by atoms with van der Waals surface area (Å²) in [6.45, 7) is 6.99. The molecule has 0 amide bonds. The van der Waals surface area contributed by atoms with Crippen LogP contribution in [0, 0.1) is 17.1 Å². The highest BCUT2D eigenvalue weighted by Gasteiger charge is 2.37. The van der Waals surface area contributed by atoms with Gasteiger partial charge in [0, 0.05) is 36.9 Å². The zero-order valence-electron chi connectivity index (χ0n) is 22.8. The number of aliphatic carboxylic acids is 1. The van der Waals surface area contributed by atoms with Crippen LogP contribution in [0.15, 0.2) is 24.3 Å². The maximum atomic E-state index is 14.7. The van der Waals surface area contributed by atoms with E-state index in [1.807, 2.05) is 24.8 Å². The van der Waals surface area contributed by atoms with E-state index in [1.54, 1.807) is 6.07 Å². The van der Waals surface area contributed by atoms with Crippen molar-refractivity contribution in [2.45, 2.75) is 76.8 Å². The number of benzene rings is 1. The van der Waals surface area contributed by atoms with Crippen molar-refractivity contribution < 1.29 is 14.3 Å². The monoisotopic (exact) mass is 521 g/mol. The molecular weight excluding hydrogens is 481 g/mol. The number of rotatable bonds is 11. The molecule has 0 unspecified atom stereocenters. The van der Waals surface area contributed by atoms with Gasteiger partial charge in [-0.3, -0.25) is 9.69 Å². The van der Waals surface area contributed by atoms with Crippen molar-refractivity contribution in [3.05, 3.63) is 58.0 Å². The topological polar surface area (TPSA) is 92.5 Å². The lowest BCUT2D eigenvalue weighted by atomic mass is 9.92. The van der Waals surface area contributed by atoms with Crippen molar-refractivity contribution in [3.63, 3.8) is 0 Å². The predicted octanol–water partition coefficient (Wildman–Crippen LogP) is 5.12. The molecule has 0 bridgehead atoms. The van der Waals surface area contributed by atoms with Gasteiger partial charge in [-0.1, -0.05) is 32.4 Å². The number of hydrogen-bond acceptors (Lipinski definition) is 6. The third-order valence-electron chi connectivity index (χ3n) is 8.03. The Balaban J connectivity index is 1.30. The van der Waals surface area contributed by atoms with Gasteiger partial charge in [-0.25, -0.2) is 9.37 Å². The molecule has 204 valence electrons. The van der Waals surface area contributed by atoms with Crippen molar-refractivity contribution in [1.82, 2.24) is 14.8 Å².